The van der Waals surface area contributed by atoms with E-state index in [1.807, 2.05) is 0 Å². The van der Waals surface area contributed by atoms with Gasteiger partial charge in [-0.15, -0.1) is 0 Å². The molecule has 0 aromatic carbocycles. The Morgan fingerprint density at radius 3 is 2.89 bits per heavy atom. The van der Waals surface area contributed by atoms with E-state index in [9.17, 15) is 0 Å². The van der Waals surface area contributed by atoms with E-state index in [2.05, 4.69) is 24.2 Å². The summed E-state index contributed by atoms with van der Waals surface area (Å²) >= 11 is 0. The first-order valence-corrected chi connectivity index (χ1v) is 3.56. The van der Waals surface area contributed by atoms with Crippen LogP contribution in [-0.4, -0.2) is 18.9 Å². The summed E-state index contributed by atoms with van der Waals surface area (Å²) < 4.78 is 0. The minimum Gasteiger partial charge on any atom is -0.372 e. The zero-order valence-corrected chi connectivity index (χ0v) is 6.15. The number of rotatable bonds is 2. The van der Waals surface area contributed by atoms with Crippen molar-refractivity contribution in [1.82, 2.24) is 5.32 Å². The molecular weight excluding hydrogens is 112 g/mol. The van der Waals surface area contributed by atoms with Gasteiger partial charge in [0.05, 0.1) is 12.4 Å². The number of hydrogen-bond acceptors (Lipinski definition) is 2. The van der Waals surface area contributed by atoms with Gasteiger partial charge in [-0.05, 0) is 5.92 Å². The van der Waals surface area contributed by atoms with Crippen LogP contribution in [0.3, 0.4) is 0 Å². The van der Waals surface area contributed by atoms with Crippen molar-refractivity contribution in [2.75, 3.05) is 13.1 Å². The Labute approximate surface area is 56.4 Å². The predicted octanol–water partition coefficient (Wildman–Crippen LogP) is 1.03. The molecule has 9 heavy (non-hydrogen) atoms. The molecule has 0 bridgehead atoms. The van der Waals surface area contributed by atoms with Gasteiger partial charge >= 0.3 is 0 Å². The van der Waals surface area contributed by atoms with Crippen molar-refractivity contribution in [3.8, 4) is 0 Å². The standard InChI is InChI=1S/C7H14N2/c1-6(2)5-7-8-3-4-9-7/h6H,3-5H2,1-2H3,(H,8,9). The largest absolute Gasteiger partial charge is 0.372 e. The Kier molecular flexibility index (Phi) is 2.09. The summed E-state index contributed by atoms with van der Waals surface area (Å²) in [6, 6.07) is 0. The molecule has 2 heteroatoms. The van der Waals surface area contributed by atoms with Crippen LogP contribution in [0.2, 0.25) is 0 Å². The van der Waals surface area contributed by atoms with Crippen LogP contribution in [0, 0.1) is 5.92 Å². The Morgan fingerprint density at radius 1 is 1.67 bits per heavy atom. The lowest BCUT2D eigenvalue weighted by atomic mass is 10.1. The van der Waals surface area contributed by atoms with Crippen LogP contribution in [-0.2, 0) is 0 Å². The van der Waals surface area contributed by atoms with Gasteiger partial charge in [-0.25, -0.2) is 0 Å². The highest BCUT2D eigenvalue weighted by molar-refractivity contribution is 5.83. The van der Waals surface area contributed by atoms with Gasteiger partial charge in [0.15, 0.2) is 0 Å². The van der Waals surface area contributed by atoms with Gasteiger partial charge in [0, 0.05) is 13.0 Å². The zero-order valence-electron chi connectivity index (χ0n) is 6.15. The van der Waals surface area contributed by atoms with Gasteiger partial charge < -0.3 is 5.32 Å². The van der Waals surface area contributed by atoms with E-state index in [0.29, 0.717) is 0 Å². The summed E-state index contributed by atoms with van der Waals surface area (Å²) in [7, 11) is 0. The van der Waals surface area contributed by atoms with E-state index in [-0.39, 0.29) is 0 Å². The average Bonchev–Trinajstić information content (AvgIpc) is 2.15. The van der Waals surface area contributed by atoms with Crippen LogP contribution in [0.1, 0.15) is 20.3 Å². The van der Waals surface area contributed by atoms with E-state index >= 15 is 0 Å². The van der Waals surface area contributed by atoms with Gasteiger partial charge in [-0.1, -0.05) is 13.8 Å². The molecule has 1 rings (SSSR count). The molecule has 0 amide bonds. The highest BCUT2D eigenvalue weighted by atomic mass is 15.1. The number of nitrogens with one attached hydrogen (secondary N) is 1. The molecule has 0 aliphatic carbocycles. The van der Waals surface area contributed by atoms with Gasteiger partial charge in [-0.2, -0.15) is 0 Å². The van der Waals surface area contributed by atoms with E-state index < -0.39 is 0 Å². The lowest BCUT2D eigenvalue weighted by Crippen LogP contribution is -2.19. The maximum absolute atomic E-state index is 4.28. The van der Waals surface area contributed by atoms with E-state index in [1.165, 1.54) is 5.84 Å². The molecule has 1 aliphatic heterocycles. The Morgan fingerprint density at radius 2 is 2.44 bits per heavy atom. The Hall–Kier alpha value is -0.530. The summed E-state index contributed by atoms with van der Waals surface area (Å²) in [5.41, 5.74) is 0. The van der Waals surface area contributed by atoms with Crippen LogP contribution >= 0.6 is 0 Å². The molecule has 0 saturated heterocycles. The van der Waals surface area contributed by atoms with Crippen molar-refractivity contribution in [3.63, 3.8) is 0 Å². The van der Waals surface area contributed by atoms with E-state index in [0.717, 1.165) is 25.4 Å². The number of hydrogen-bond donors (Lipinski definition) is 1. The van der Waals surface area contributed by atoms with Crippen molar-refractivity contribution in [2.24, 2.45) is 10.9 Å². The quantitative estimate of drug-likeness (QED) is 0.587. The number of amidine groups is 1. The number of aliphatic imine (C=N–C) groups is 1. The second-order valence-corrected chi connectivity index (χ2v) is 2.85. The smallest absolute Gasteiger partial charge is 0.0967 e. The minimum atomic E-state index is 0.731. The monoisotopic (exact) mass is 126 g/mol. The topological polar surface area (TPSA) is 24.4 Å². The summed E-state index contributed by atoms with van der Waals surface area (Å²) in [4.78, 5) is 4.28. The van der Waals surface area contributed by atoms with Crippen LogP contribution in [0.25, 0.3) is 0 Å². The third kappa shape index (κ3) is 2.04. The molecule has 52 valence electrons. The second kappa shape index (κ2) is 2.85. The van der Waals surface area contributed by atoms with Gasteiger partial charge in [0.25, 0.3) is 0 Å². The third-order valence-electron chi connectivity index (χ3n) is 1.35. The third-order valence-corrected chi connectivity index (χ3v) is 1.35. The highest BCUT2D eigenvalue weighted by Crippen LogP contribution is 2.01. The molecule has 2 nitrogen and oxygen atoms in total. The molecule has 0 spiro atoms. The fourth-order valence-electron chi connectivity index (χ4n) is 0.970. The molecule has 1 aliphatic rings. The molecule has 0 fully saturated rings. The van der Waals surface area contributed by atoms with Crippen molar-refractivity contribution < 1.29 is 0 Å². The first-order chi connectivity index (χ1) is 4.29. The summed E-state index contributed by atoms with van der Waals surface area (Å²) in [5.74, 6) is 1.93. The van der Waals surface area contributed by atoms with E-state index in [1.54, 1.807) is 0 Å². The lowest BCUT2D eigenvalue weighted by Gasteiger charge is -2.03. The van der Waals surface area contributed by atoms with Crippen LogP contribution in [0.5, 0.6) is 0 Å². The maximum atomic E-state index is 4.28. The van der Waals surface area contributed by atoms with Crippen molar-refractivity contribution in [3.05, 3.63) is 0 Å². The SMILES string of the molecule is CC(C)CC1=NCCN1. The molecule has 0 unspecified atom stereocenters. The van der Waals surface area contributed by atoms with Gasteiger partial charge in [0.1, 0.15) is 0 Å². The second-order valence-electron chi connectivity index (χ2n) is 2.85. The molecule has 0 saturated carbocycles. The first kappa shape index (κ1) is 6.59. The molecule has 0 radical (unpaired) electrons. The summed E-state index contributed by atoms with van der Waals surface area (Å²) in [6.07, 6.45) is 1.11. The molecule has 0 atom stereocenters. The summed E-state index contributed by atoms with van der Waals surface area (Å²) in [5, 5.41) is 3.24. The predicted molar refractivity (Wildman–Crippen MR) is 39.8 cm³/mol. The normalized spacial score (nSPS) is 17.9. The molecule has 1 heterocycles. The van der Waals surface area contributed by atoms with Crippen LogP contribution < -0.4 is 5.32 Å². The van der Waals surface area contributed by atoms with Crippen molar-refractivity contribution in [1.29, 1.82) is 0 Å². The first-order valence-electron chi connectivity index (χ1n) is 3.56. The highest BCUT2D eigenvalue weighted by Gasteiger charge is 2.05. The lowest BCUT2D eigenvalue weighted by molar-refractivity contribution is 0.675. The van der Waals surface area contributed by atoms with Gasteiger partial charge in [-0.3, -0.25) is 4.99 Å². The number of nitrogens with zero attached hydrogens (tertiary/aromatic N) is 1. The fraction of sp³-hybridized carbons (Fsp3) is 0.857. The molecular formula is C7H14N2. The maximum Gasteiger partial charge on any atom is 0.0967 e. The fourth-order valence-corrected chi connectivity index (χ4v) is 0.970. The van der Waals surface area contributed by atoms with Crippen molar-refractivity contribution >= 4 is 5.84 Å². The minimum absolute atomic E-state index is 0.731. The van der Waals surface area contributed by atoms with Crippen LogP contribution in [0.15, 0.2) is 4.99 Å². The average molecular weight is 126 g/mol. The molecule has 0 aromatic heterocycles. The molecule has 0 aromatic rings. The Balaban J connectivity index is 2.26. The van der Waals surface area contributed by atoms with Gasteiger partial charge in [0.2, 0.25) is 0 Å². The van der Waals surface area contributed by atoms with Crippen molar-refractivity contribution in [2.45, 2.75) is 20.3 Å². The summed E-state index contributed by atoms with van der Waals surface area (Å²) in [6.45, 7) is 6.44. The molecule has 1 N–H and O–H groups in total. The van der Waals surface area contributed by atoms with Crippen LogP contribution in [0.4, 0.5) is 0 Å². The zero-order chi connectivity index (χ0) is 6.69. The Bertz CT molecular complexity index is 116. The van der Waals surface area contributed by atoms with E-state index in [4.69, 9.17) is 0 Å².